The van der Waals surface area contributed by atoms with Crippen molar-refractivity contribution in [3.8, 4) is 0 Å². The van der Waals surface area contributed by atoms with Crippen molar-refractivity contribution in [1.82, 2.24) is 5.32 Å². The summed E-state index contributed by atoms with van der Waals surface area (Å²) in [5.41, 5.74) is 0.00751. The zero-order valence-corrected chi connectivity index (χ0v) is 13.2. The van der Waals surface area contributed by atoms with E-state index in [1.807, 2.05) is 0 Å². The third-order valence-corrected chi connectivity index (χ3v) is 4.04. The minimum atomic E-state index is -0.939. The highest BCUT2D eigenvalue weighted by atomic mass is 35.5. The maximum Gasteiger partial charge on any atom is 0.257 e. The van der Waals surface area contributed by atoms with Crippen LogP contribution in [0.3, 0.4) is 0 Å². The standard InChI is InChI=1S/C17H13ClF2N2O2/c18-10-4-6-12(7-5-10)22-9-11(8-15(22)23)21-17(24)16-13(19)2-1-3-14(16)20/h1-7,11H,8-9H2,(H,21,24)/t11-/m0/s1. The fraction of sp³-hybridized carbons (Fsp3) is 0.176. The molecule has 0 aromatic heterocycles. The van der Waals surface area contributed by atoms with Crippen molar-refractivity contribution in [2.45, 2.75) is 12.5 Å². The first-order chi connectivity index (χ1) is 11.5. The van der Waals surface area contributed by atoms with E-state index in [2.05, 4.69) is 5.32 Å². The summed E-state index contributed by atoms with van der Waals surface area (Å²) in [6, 6.07) is 9.38. The largest absolute Gasteiger partial charge is 0.347 e. The maximum absolute atomic E-state index is 13.6. The summed E-state index contributed by atoms with van der Waals surface area (Å²) in [4.78, 5) is 25.7. The lowest BCUT2D eigenvalue weighted by Gasteiger charge is -2.17. The molecule has 7 heteroatoms. The van der Waals surface area contributed by atoms with E-state index in [1.165, 1.54) is 11.0 Å². The summed E-state index contributed by atoms with van der Waals surface area (Å²) >= 11 is 5.82. The molecule has 2 aromatic rings. The van der Waals surface area contributed by atoms with Crippen molar-refractivity contribution >= 4 is 29.1 Å². The molecule has 0 aliphatic carbocycles. The van der Waals surface area contributed by atoms with E-state index in [1.54, 1.807) is 24.3 Å². The number of hydrogen-bond donors (Lipinski definition) is 1. The van der Waals surface area contributed by atoms with Crippen LogP contribution in [0.1, 0.15) is 16.8 Å². The molecule has 24 heavy (non-hydrogen) atoms. The maximum atomic E-state index is 13.6. The number of amides is 2. The lowest BCUT2D eigenvalue weighted by molar-refractivity contribution is -0.117. The second-order valence-electron chi connectivity index (χ2n) is 5.45. The summed E-state index contributed by atoms with van der Waals surface area (Å²) in [6.07, 6.45) is 0.0600. The number of anilines is 1. The summed E-state index contributed by atoms with van der Waals surface area (Å²) in [6.45, 7) is 0.224. The molecule has 1 saturated heterocycles. The van der Waals surface area contributed by atoms with E-state index in [9.17, 15) is 18.4 Å². The number of rotatable bonds is 3. The van der Waals surface area contributed by atoms with Crippen LogP contribution in [0.15, 0.2) is 42.5 Å². The van der Waals surface area contributed by atoms with Gasteiger partial charge in [0.05, 0.1) is 6.04 Å². The Balaban J connectivity index is 1.72. The first-order valence-corrected chi connectivity index (χ1v) is 7.64. The minimum Gasteiger partial charge on any atom is -0.347 e. The number of nitrogens with zero attached hydrogens (tertiary/aromatic N) is 1. The second kappa shape index (κ2) is 6.57. The Labute approximate surface area is 142 Å². The van der Waals surface area contributed by atoms with Crippen molar-refractivity contribution in [2.75, 3.05) is 11.4 Å². The Kier molecular flexibility index (Phi) is 4.49. The summed E-state index contributed by atoms with van der Waals surface area (Å²) in [7, 11) is 0. The van der Waals surface area contributed by atoms with E-state index >= 15 is 0 Å². The zero-order valence-electron chi connectivity index (χ0n) is 12.4. The Morgan fingerprint density at radius 1 is 1.12 bits per heavy atom. The molecule has 0 bridgehead atoms. The van der Waals surface area contributed by atoms with E-state index in [4.69, 9.17) is 11.6 Å². The summed E-state index contributed by atoms with van der Waals surface area (Å²) in [5.74, 6) is -2.93. The van der Waals surface area contributed by atoms with Gasteiger partial charge in [0.15, 0.2) is 0 Å². The molecule has 0 radical (unpaired) electrons. The Hall–Kier alpha value is -2.47. The Morgan fingerprint density at radius 2 is 1.75 bits per heavy atom. The van der Waals surface area contributed by atoms with Crippen LogP contribution in [0, 0.1) is 11.6 Å². The van der Waals surface area contributed by atoms with Crippen molar-refractivity contribution in [1.29, 1.82) is 0 Å². The van der Waals surface area contributed by atoms with E-state index in [0.717, 1.165) is 12.1 Å². The topological polar surface area (TPSA) is 49.4 Å². The molecule has 0 saturated carbocycles. The van der Waals surface area contributed by atoms with E-state index in [-0.39, 0.29) is 18.9 Å². The highest BCUT2D eigenvalue weighted by molar-refractivity contribution is 6.30. The van der Waals surface area contributed by atoms with Gasteiger partial charge in [0, 0.05) is 23.7 Å². The fourth-order valence-electron chi connectivity index (χ4n) is 2.65. The Bertz CT molecular complexity index is 775. The van der Waals surface area contributed by atoms with Crippen LogP contribution in [0.2, 0.25) is 5.02 Å². The van der Waals surface area contributed by atoms with Crippen molar-refractivity contribution < 1.29 is 18.4 Å². The van der Waals surface area contributed by atoms with Crippen molar-refractivity contribution in [3.63, 3.8) is 0 Å². The van der Waals surface area contributed by atoms with Gasteiger partial charge in [-0.05, 0) is 36.4 Å². The summed E-state index contributed by atoms with van der Waals surface area (Å²) in [5, 5.41) is 3.06. The molecule has 1 aliphatic rings. The highest BCUT2D eigenvalue weighted by Gasteiger charge is 2.32. The van der Waals surface area contributed by atoms with E-state index < -0.39 is 29.1 Å². The summed E-state index contributed by atoms with van der Waals surface area (Å²) < 4.78 is 27.3. The van der Waals surface area contributed by atoms with Crippen LogP contribution in [-0.2, 0) is 4.79 Å². The molecule has 1 atom stereocenters. The molecule has 3 rings (SSSR count). The van der Waals surface area contributed by atoms with Gasteiger partial charge in [-0.2, -0.15) is 0 Å². The lowest BCUT2D eigenvalue weighted by atomic mass is 10.1. The molecule has 2 aromatic carbocycles. The predicted molar refractivity (Wildman–Crippen MR) is 86.0 cm³/mol. The van der Waals surface area contributed by atoms with Crippen LogP contribution in [0.25, 0.3) is 0 Å². The molecule has 0 spiro atoms. The smallest absolute Gasteiger partial charge is 0.257 e. The van der Waals surface area contributed by atoms with Crippen LogP contribution in [0.5, 0.6) is 0 Å². The number of hydrogen-bond acceptors (Lipinski definition) is 2. The predicted octanol–water partition coefficient (Wildman–Crippen LogP) is 3.15. The van der Waals surface area contributed by atoms with Gasteiger partial charge in [-0.15, -0.1) is 0 Å². The van der Waals surface area contributed by atoms with Crippen molar-refractivity contribution in [3.05, 3.63) is 64.7 Å². The van der Waals surface area contributed by atoms with Crippen molar-refractivity contribution in [2.24, 2.45) is 0 Å². The molecule has 0 unspecified atom stereocenters. The second-order valence-corrected chi connectivity index (χ2v) is 5.89. The molecule has 4 nitrogen and oxygen atoms in total. The van der Waals surface area contributed by atoms with E-state index in [0.29, 0.717) is 10.7 Å². The number of nitrogens with one attached hydrogen (secondary N) is 1. The molecule has 1 heterocycles. The third kappa shape index (κ3) is 3.23. The SMILES string of the molecule is O=C(N[C@H]1CC(=O)N(c2ccc(Cl)cc2)C1)c1c(F)cccc1F. The first kappa shape index (κ1) is 16.4. The highest BCUT2D eigenvalue weighted by Crippen LogP contribution is 2.23. The molecular formula is C17H13ClF2N2O2. The average molecular weight is 351 g/mol. The van der Waals surface area contributed by atoms with Gasteiger partial charge < -0.3 is 10.2 Å². The normalized spacial score (nSPS) is 17.2. The van der Waals surface area contributed by atoms with Gasteiger partial charge in [0.25, 0.3) is 5.91 Å². The van der Waals surface area contributed by atoms with Gasteiger partial charge in [-0.3, -0.25) is 9.59 Å². The molecular weight excluding hydrogens is 338 g/mol. The van der Waals surface area contributed by atoms with Gasteiger partial charge in [0.2, 0.25) is 5.91 Å². The van der Waals surface area contributed by atoms with Gasteiger partial charge in [-0.25, -0.2) is 8.78 Å². The molecule has 1 N–H and O–H groups in total. The number of benzene rings is 2. The average Bonchev–Trinajstić information content (AvgIpc) is 2.88. The minimum absolute atomic E-state index is 0.0600. The fourth-order valence-corrected chi connectivity index (χ4v) is 2.77. The number of carbonyl (C=O) groups is 2. The van der Waals surface area contributed by atoms with Gasteiger partial charge in [0.1, 0.15) is 17.2 Å². The third-order valence-electron chi connectivity index (χ3n) is 3.79. The quantitative estimate of drug-likeness (QED) is 0.924. The van der Waals surface area contributed by atoms with Gasteiger partial charge in [-0.1, -0.05) is 17.7 Å². The molecule has 2 amide bonds. The van der Waals surface area contributed by atoms with Gasteiger partial charge >= 0.3 is 0 Å². The zero-order chi connectivity index (χ0) is 17.3. The van der Waals surface area contributed by atoms with Crippen LogP contribution >= 0.6 is 11.6 Å². The molecule has 1 aliphatic heterocycles. The number of carbonyl (C=O) groups excluding carboxylic acids is 2. The molecule has 1 fully saturated rings. The van der Waals surface area contributed by atoms with Crippen LogP contribution < -0.4 is 10.2 Å². The molecule has 124 valence electrons. The van der Waals surface area contributed by atoms with Crippen LogP contribution in [0.4, 0.5) is 14.5 Å². The Morgan fingerprint density at radius 3 is 2.38 bits per heavy atom. The monoisotopic (exact) mass is 350 g/mol. The lowest BCUT2D eigenvalue weighted by Crippen LogP contribution is -2.38. The van der Waals surface area contributed by atoms with Crippen LogP contribution in [-0.4, -0.2) is 24.4 Å². The number of halogens is 3. The first-order valence-electron chi connectivity index (χ1n) is 7.26.